The molecule has 9 heteroatoms. The Morgan fingerprint density at radius 1 is 1.25 bits per heavy atom. The van der Waals surface area contributed by atoms with Crippen LogP contribution in [0.1, 0.15) is 22.1 Å². The minimum absolute atomic E-state index is 0.0791. The van der Waals surface area contributed by atoms with Crippen molar-refractivity contribution in [1.82, 2.24) is 23.7 Å². The molecule has 0 atom stereocenters. The van der Waals surface area contributed by atoms with Crippen LogP contribution in [0.25, 0.3) is 11.2 Å². The van der Waals surface area contributed by atoms with Gasteiger partial charge in [-0.25, -0.2) is 14.8 Å². The summed E-state index contributed by atoms with van der Waals surface area (Å²) in [6.45, 7) is 4.32. The summed E-state index contributed by atoms with van der Waals surface area (Å²) in [4.78, 5) is 35.0. The van der Waals surface area contributed by atoms with Gasteiger partial charge < -0.3 is 9.67 Å². The van der Waals surface area contributed by atoms with Crippen LogP contribution in [0.5, 0.6) is 0 Å². The van der Waals surface area contributed by atoms with Gasteiger partial charge in [0.25, 0.3) is 5.56 Å². The molecule has 0 aliphatic rings. The second kappa shape index (κ2) is 6.33. The van der Waals surface area contributed by atoms with Crippen molar-refractivity contribution in [2.45, 2.75) is 33.4 Å². The van der Waals surface area contributed by atoms with Gasteiger partial charge in [0.2, 0.25) is 0 Å². The third-order valence-corrected chi connectivity index (χ3v) is 4.82. The van der Waals surface area contributed by atoms with Crippen LogP contribution in [0, 0.1) is 13.8 Å². The third kappa shape index (κ3) is 2.69. The Labute approximate surface area is 141 Å². The van der Waals surface area contributed by atoms with Gasteiger partial charge in [-0.1, -0.05) is 0 Å². The fraction of sp³-hybridized carbons (Fsp3) is 0.467. The van der Waals surface area contributed by atoms with Crippen LogP contribution in [0.15, 0.2) is 15.8 Å². The smallest absolute Gasteiger partial charge is 0.332 e. The Kier molecular flexibility index (Phi) is 4.37. The number of rotatable bonds is 5. The quantitative estimate of drug-likeness (QED) is 0.719. The number of aliphatic hydroxyl groups is 1. The fourth-order valence-electron chi connectivity index (χ4n) is 2.71. The maximum atomic E-state index is 12.8. The van der Waals surface area contributed by atoms with Crippen molar-refractivity contribution in [1.29, 1.82) is 0 Å². The maximum Gasteiger partial charge on any atom is 0.332 e. The minimum Gasteiger partial charge on any atom is -0.396 e. The first-order valence-corrected chi connectivity index (χ1v) is 8.44. The Morgan fingerprint density at radius 2 is 2.00 bits per heavy atom. The first-order valence-electron chi connectivity index (χ1n) is 7.63. The van der Waals surface area contributed by atoms with Crippen LogP contribution in [0.4, 0.5) is 0 Å². The lowest BCUT2D eigenvalue weighted by molar-refractivity contribution is 0.277. The highest BCUT2D eigenvalue weighted by molar-refractivity contribution is 7.11. The zero-order valence-corrected chi connectivity index (χ0v) is 14.6. The van der Waals surface area contributed by atoms with Crippen LogP contribution >= 0.6 is 11.3 Å². The van der Waals surface area contributed by atoms with Gasteiger partial charge in [0.1, 0.15) is 10.8 Å². The molecular formula is C15H19N5O3S. The Hall–Kier alpha value is -2.26. The molecule has 24 heavy (non-hydrogen) atoms. The molecule has 0 spiro atoms. The lowest BCUT2D eigenvalue weighted by atomic mass is 10.4. The fourth-order valence-corrected chi connectivity index (χ4v) is 3.49. The Bertz CT molecular complexity index is 1010. The molecule has 0 aromatic carbocycles. The molecule has 0 amide bonds. The number of imidazole rings is 1. The van der Waals surface area contributed by atoms with E-state index in [4.69, 9.17) is 5.11 Å². The normalized spacial score (nSPS) is 11.5. The first-order chi connectivity index (χ1) is 11.4. The van der Waals surface area contributed by atoms with E-state index in [-0.39, 0.29) is 18.7 Å². The number of hydrogen-bond acceptors (Lipinski definition) is 6. The zero-order valence-electron chi connectivity index (χ0n) is 13.8. The summed E-state index contributed by atoms with van der Waals surface area (Å²) in [7, 11) is 1.60. The number of nitrogens with zero attached hydrogens (tertiary/aromatic N) is 5. The van der Waals surface area contributed by atoms with Crippen molar-refractivity contribution in [2.24, 2.45) is 7.05 Å². The van der Waals surface area contributed by atoms with E-state index in [1.807, 2.05) is 13.8 Å². The standard InChI is InChI=1S/C15H19N5O3S/c1-9-7-16-11(24-9)8-20-10(2)17-13-12(20)14(22)19(5-4-6-21)15(23)18(13)3/h7,21H,4-6,8H2,1-3H3. The first kappa shape index (κ1) is 16.6. The summed E-state index contributed by atoms with van der Waals surface area (Å²) >= 11 is 1.56. The molecule has 0 saturated carbocycles. The SMILES string of the molecule is Cc1cnc(Cn2c(C)nc3c2c(=O)n(CCCO)c(=O)n3C)s1. The molecule has 1 N–H and O–H groups in total. The Balaban J connectivity index is 2.23. The van der Waals surface area contributed by atoms with Crippen molar-refractivity contribution < 1.29 is 5.11 Å². The molecule has 0 saturated heterocycles. The van der Waals surface area contributed by atoms with Gasteiger partial charge in [-0.05, 0) is 20.3 Å². The zero-order chi connectivity index (χ0) is 17.4. The molecule has 3 rings (SSSR count). The minimum atomic E-state index is -0.421. The number of thiazole rings is 1. The summed E-state index contributed by atoms with van der Waals surface area (Å²) in [5.74, 6) is 0.657. The van der Waals surface area contributed by atoms with Crippen LogP contribution in [0.2, 0.25) is 0 Å². The van der Waals surface area contributed by atoms with E-state index in [9.17, 15) is 9.59 Å². The Morgan fingerprint density at radius 3 is 2.62 bits per heavy atom. The largest absolute Gasteiger partial charge is 0.396 e. The predicted molar refractivity (Wildman–Crippen MR) is 91.6 cm³/mol. The third-order valence-electron chi connectivity index (χ3n) is 3.93. The molecule has 8 nitrogen and oxygen atoms in total. The highest BCUT2D eigenvalue weighted by Crippen LogP contribution is 2.17. The lowest BCUT2D eigenvalue weighted by Gasteiger charge is -2.09. The number of aryl methyl sites for hydroxylation is 3. The van der Waals surface area contributed by atoms with Gasteiger partial charge in [0, 0.05) is 31.3 Å². The molecule has 3 heterocycles. The summed E-state index contributed by atoms with van der Waals surface area (Å²) in [5, 5.41) is 9.88. The second-order valence-electron chi connectivity index (χ2n) is 5.66. The molecule has 0 aliphatic carbocycles. The van der Waals surface area contributed by atoms with E-state index < -0.39 is 5.69 Å². The average molecular weight is 349 g/mol. The average Bonchev–Trinajstić information content (AvgIpc) is 3.10. The van der Waals surface area contributed by atoms with Gasteiger partial charge in [-0.3, -0.25) is 13.9 Å². The van der Waals surface area contributed by atoms with E-state index >= 15 is 0 Å². The van der Waals surface area contributed by atoms with E-state index in [2.05, 4.69) is 9.97 Å². The number of fused-ring (bicyclic) bond motifs is 1. The highest BCUT2D eigenvalue weighted by atomic mass is 32.1. The van der Waals surface area contributed by atoms with Gasteiger partial charge in [-0.15, -0.1) is 11.3 Å². The van der Waals surface area contributed by atoms with Crippen molar-refractivity contribution >= 4 is 22.5 Å². The van der Waals surface area contributed by atoms with Gasteiger partial charge in [-0.2, -0.15) is 0 Å². The van der Waals surface area contributed by atoms with Gasteiger partial charge in [0.15, 0.2) is 11.2 Å². The maximum absolute atomic E-state index is 12.8. The molecule has 0 radical (unpaired) electrons. The molecule has 0 bridgehead atoms. The second-order valence-corrected chi connectivity index (χ2v) is 6.98. The predicted octanol–water partition coefficient (Wildman–Crippen LogP) is 0.401. The molecule has 3 aromatic heterocycles. The molecule has 0 unspecified atom stereocenters. The van der Waals surface area contributed by atoms with Crippen molar-refractivity contribution in [3.8, 4) is 0 Å². The molecule has 128 valence electrons. The van der Waals surface area contributed by atoms with Gasteiger partial charge >= 0.3 is 5.69 Å². The van der Waals surface area contributed by atoms with Crippen LogP contribution in [0.3, 0.4) is 0 Å². The van der Waals surface area contributed by atoms with Crippen molar-refractivity contribution in [3.63, 3.8) is 0 Å². The number of aliphatic hydroxyl groups excluding tert-OH is 1. The summed E-state index contributed by atoms with van der Waals surface area (Å²) < 4.78 is 4.33. The summed E-state index contributed by atoms with van der Waals surface area (Å²) in [5.41, 5.74) is -0.0393. The number of hydrogen-bond donors (Lipinski definition) is 1. The van der Waals surface area contributed by atoms with E-state index in [1.54, 1.807) is 29.1 Å². The van der Waals surface area contributed by atoms with Crippen molar-refractivity contribution in [3.05, 3.63) is 42.7 Å². The van der Waals surface area contributed by atoms with Crippen LogP contribution in [-0.4, -0.2) is 35.4 Å². The lowest BCUT2D eigenvalue weighted by Crippen LogP contribution is -2.39. The molecule has 0 aliphatic heterocycles. The highest BCUT2D eigenvalue weighted by Gasteiger charge is 2.19. The topological polar surface area (TPSA) is 94.9 Å². The molecular weight excluding hydrogens is 330 g/mol. The monoisotopic (exact) mass is 349 g/mol. The van der Waals surface area contributed by atoms with E-state index in [1.165, 1.54) is 4.57 Å². The molecule has 3 aromatic rings. The summed E-state index contributed by atoms with van der Waals surface area (Å²) in [6, 6.07) is 0. The molecule has 0 fully saturated rings. The van der Waals surface area contributed by atoms with Gasteiger partial charge in [0.05, 0.1) is 6.54 Å². The van der Waals surface area contributed by atoms with Crippen molar-refractivity contribution in [2.75, 3.05) is 6.61 Å². The van der Waals surface area contributed by atoms with Crippen LogP contribution in [-0.2, 0) is 20.1 Å². The number of aromatic nitrogens is 5. The summed E-state index contributed by atoms with van der Waals surface area (Å²) in [6.07, 6.45) is 2.14. The van der Waals surface area contributed by atoms with E-state index in [0.29, 0.717) is 30.0 Å². The van der Waals surface area contributed by atoms with E-state index in [0.717, 1.165) is 14.5 Å². The van der Waals surface area contributed by atoms with Crippen LogP contribution < -0.4 is 11.2 Å².